The molecule has 0 aliphatic heterocycles. The number of hydrogen-bond acceptors (Lipinski definition) is 3. The third kappa shape index (κ3) is 6.78. The van der Waals surface area contributed by atoms with E-state index in [0.717, 1.165) is 17.5 Å². The Hall–Kier alpha value is -1.24. The monoisotopic (exact) mass is 231 g/mol. The van der Waals surface area contributed by atoms with Crippen molar-refractivity contribution in [3.05, 3.63) is 29.8 Å². The van der Waals surface area contributed by atoms with Crippen molar-refractivity contribution in [2.45, 2.75) is 0 Å². The summed E-state index contributed by atoms with van der Waals surface area (Å²) in [6.45, 7) is 0. The van der Waals surface area contributed by atoms with Crippen molar-refractivity contribution in [2.24, 2.45) is 0 Å². The smallest absolute Gasteiger partial charge is 0.299 e. The molecule has 0 saturated carbocycles. The zero-order valence-corrected chi connectivity index (χ0v) is 9.27. The van der Waals surface area contributed by atoms with E-state index in [2.05, 4.69) is 0 Å². The van der Waals surface area contributed by atoms with Gasteiger partial charge in [0.1, 0.15) is 6.29 Å². The fraction of sp³-hybridized carbons (Fsp3) is 0.222. The van der Waals surface area contributed by atoms with E-state index in [-0.39, 0.29) is 0 Å². The third-order valence-corrected chi connectivity index (χ3v) is 1.55. The largest absolute Gasteiger partial charge is 0.378 e. The van der Waals surface area contributed by atoms with Crippen LogP contribution >= 0.6 is 0 Å². The van der Waals surface area contributed by atoms with E-state index in [9.17, 15) is 4.79 Å². The van der Waals surface area contributed by atoms with Gasteiger partial charge in [0.25, 0.3) is 11.4 Å². The predicted molar refractivity (Wildman–Crippen MR) is 59.6 cm³/mol. The highest BCUT2D eigenvalue weighted by Gasteiger charge is 1.93. The molecular weight excluding hydrogens is 218 g/mol. The minimum absolute atomic E-state index is 0.718. The molecule has 1 rings (SSSR count). The van der Waals surface area contributed by atoms with Gasteiger partial charge in [-0.3, -0.25) is 13.9 Å². The van der Waals surface area contributed by atoms with Crippen molar-refractivity contribution in [1.29, 1.82) is 0 Å². The minimum atomic E-state index is -2.61. The SMILES string of the molecule is CN(C)c1ccc(C=O)cc1.O=S(O)O. The lowest BCUT2D eigenvalue weighted by atomic mass is 10.2. The van der Waals surface area contributed by atoms with Crippen LogP contribution in [0.15, 0.2) is 24.3 Å². The Morgan fingerprint density at radius 1 is 1.20 bits per heavy atom. The molecule has 0 aliphatic rings. The van der Waals surface area contributed by atoms with Crippen LogP contribution in [-0.2, 0) is 11.4 Å². The van der Waals surface area contributed by atoms with Crippen LogP contribution in [0.25, 0.3) is 0 Å². The van der Waals surface area contributed by atoms with Crippen molar-refractivity contribution in [3.63, 3.8) is 0 Å². The molecule has 0 amide bonds. The van der Waals surface area contributed by atoms with Crippen LogP contribution in [0.2, 0.25) is 0 Å². The van der Waals surface area contributed by atoms with Crippen molar-refractivity contribution >= 4 is 23.3 Å². The molecule has 15 heavy (non-hydrogen) atoms. The maximum Gasteiger partial charge on any atom is 0.299 e. The summed E-state index contributed by atoms with van der Waals surface area (Å²) in [6.07, 6.45) is 0.847. The number of carbonyl (C=O) groups is 1. The summed E-state index contributed by atoms with van der Waals surface area (Å²) >= 11 is -2.61. The highest BCUT2D eigenvalue weighted by atomic mass is 32.2. The topological polar surface area (TPSA) is 77.8 Å². The molecule has 0 aliphatic carbocycles. The van der Waals surface area contributed by atoms with Gasteiger partial charge in [-0.2, -0.15) is 4.21 Å². The van der Waals surface area contributed by atoms with Gasteiger partial charge in [0.2, 0.25) is 0 Å². The zero-order chi connectivity index (χ0) is 11.8. The molecule has 0 spiro atoms. The second-order valence-corrected chi connectivity index (χ2v) is 3.30. The Morgan fingerprint density at radius 2 is 1.60 bits per heavy atom. The van der Waals surface area contributed by atoms with Gasteiger partial charge in [0.15, 0.2) is 0 Å². The normalized spacial score (nSPS) is 9.13. The lowest BCUT2D eigenvalue weighted by Crippen LogP contribution is -2.08. The molecule has 1 aromatic carbocycles. The second-order valence-electron chi connectivity index (χ2n) is 2.83. The Kier molecular flexibility index (Phi) is 6.52. The lowest BCUT2D eigenvalue weighted by Gasteiger charge is -2.11. The first-order chi connectivity index (χ1) is 6.97. The molecule has 0 fully saturated rings. The van der Waals surface area contributed by atoms with Crippen molar-refractivity contribution in [2.75, 3.05) is 19.0 Å². The number of benzene rings is 1. The van der Waals surface area contributed by atoms with E-state index in [1.165, 1.54) is 0 Å². The van der Waals surface area contributed by atoms with Gasteiger partial charge in [-0.05, 0) is 24.3 Å². The van der Waals surface area contributed by atoms with Crippen molar-refractivity contribution in [3.8, 4) is 0 Å². The molecule has 0 radical (unpaired) electrons. The van der Waals surface area contributed by atoms with Crippen LogP contribution in [0.5, 0.6) is 0 Å². The highest BCUT2D eigenvalue weighted by Crippen LogP contribution is 2.10. The van der Waals surface area contributed by atoms with Crippen LogP contribution < -0.4 is 4.90 Å². The number of rotatable bonds is 2. The summed E-state index contributed by atoms with van der Waals surface area (Å²) in [5, 5.41) is 0. The molecule has 0 unspecified atom stereocenters. The Morgan fingerprint density at radius 3 is 1.87 bits per heavy atom. The molecule has 0 saturated heterocycles. The Labute approximate surface area is 90.8 Å². The summed E-state index contributed by atoms with van der Waals surface area (Å²) < 4.78 is 22.8. The molecule has 0 bridgehead atoms. The van der Waals surface area contributed by atoms with Crippen molar-refractivity contribution < 1.29 is 18.1 Å². The number of nitrogens with zero attached hydrogens (tertiary/aromatic N) is 1. The van der Waals surface area contributed by atoms with E-state index < -0.39 is 11.4 Å². The van der Waals surface area contributed by atoms with Crippen LogP contribution in [0.1, 0.15) is 10.4 Å². The molecule has 5 nitrogen and oxygen atoms in total. The second kappa shape index (κ2) is 7.10. The number of carbonyl (C=O) groups excluding carboxylic acids is 1. The summed E-state index contributed by atoms with van der Waals surface area (Å²) in [4.78, 5) is 12.3. The predicted octanol–water partition coefficient (Wildman–Crippen LogP) is 1.25. The van der Waals surface area contributed by atoms with Gasteiger partial charge in [-0.1, -0.05) is 0 Å². The number of anilines is 1. The first-order valence-electron chi connectivity index (χ1n) is 4.00. The zero-order valence-electron chi connectivity index (χ0n) is 8.45. The minimum Gasteiger partial charge on any atom is -0.378 e. The van der Waals surface area contributed by atoms with Crippen LogP contribution in [-0.4, -0.2) is 33.7 Å². The standard InChI is InChI=1S/C9H11NO.H2O3S/c1-10(2)9-5-3-8(7-11)4-6-9;1-4(2)3/h3-7H,1-2H3;(H2,1,2,3). The third-order valence-electron chi connectivity index (χ3n) is 1.55. The van der Waals surface area contributed by atoms with Crippen LogP contribution in [0.3, 0.4) is 0 Å². The molecule has 0 heterocycles. The van der Waals surface area contributed by atoms with E-state index >= 15 is 0 Å². The summed E-state index contributed by atoms with van der Waals surface area (Å²) in [6, 6.07) is 7.46. The maximum absolute atomic E-state index is 10.3. The molecular formula is C9H13NO4S. The van der Waals surface area contributed by atoms with E-state index in [1.54, 1.807) is 0 Å². The van der Waals surface area contributed by atoms with Crippen LogP contribution in [0, 0.1) is 0 Å². The van der Waals surface area contributed by atoms with Gasteiger partial charge in [0.05, 0.1) is 0 Å². The van der Waals surface area contributed by atoms with Gasteiger partial charge >= 0.3 is 0 Å². The highest BCUT2D eigenvalue weighted by molar-refractivity contribution is 7.73. The number of aldehydes is 1. The molecule has 84 valence electrons. The quantitative estimate of drug-likeness (QED) is 0.591. The van der Waals surface area contributed by atoms with E-state index in [0.29, 0.717) is 0 Å². The number of hydrogen-bond donors (Lipinski definition) is 2. The lowest BCUT2D eigenvalue weighted by molar-refractivity contribution is 0.112. The molecule has 2 N–H and O–H groups in total. The summed E-state index contributed by atoms with van der Waals surface area (Å²) in [5.41, 5.74) is 1.83. The first-order valence-corrected chi connectivity index (χ1v) is 5.06. The van der Waals surface area contributed by atoms with Crippen LogP contribution in [0.4, 0.5) is 5.69 Å². The van der Waals surface area contributed by atoms with Gasteiger partial charge in [0, 0.05) is 25.3 Å². The molecule has 0 aromatic heterocycles. The fourth-order valence-electron chi connectivity index (χ4n) is 0.851. The van der Waals surface area contributed by atoms with E-state index in [1.807, 2.05) is 43.3 Å². The molecule has 0 atom stereocenters. The van der Waals surface area contributed by atoms with Gasteiger partial charge in [-0.25, -0.2) is 0 Å². The first kappa shape index (κ1) is 13.8. The van der Waals surface area contributed by atoms with E-state index in [4.69, 9.17) is 13.3 Å². The molecule has 1 aromatic rings. The summed E-state index contributed by atoms with van der Waals surface area (Å²) in [7, 11) is 3.94. The fourth-order valence-corrected chi connectivity index (χ4v) is 0.851. The van der Waals surface area contributed by atoms with Crippen molar-refractivity contribution in [1.82, 2.24) is 0 Å². The Balaban J connectivity index is 0.000000423. The van der Waals surface area contributed by atoms with Gasteiger partial charge in [-0.15, -0.1) is 0 Å². The maximum atomic E-state index is 10.3. The van der Waals surface area contributed by atoms with Gasteiger partial charge < -0.3 is 4.90 Å². The average Bonchev–Trinajstić information content (AvgIpc) is 2.17. The molecule has 6 heteroatoms. The Bertz CT molecular complexity index is 319. The average molecular weight is 231 g/mol. The summed E-state index contributed by atoms with van der Waals surface area (Å²) in [5.74, 6) is 0.